The molecule has 9 nitrogen and oxygen atoms in total. The second kappa shape index (κ2) is 15.5. The highest BCUT2D eigenvalue weighted by Crippen LogP contribution is 2.68. The van der Waals surface area contributed by atoms with Gasteiger partial charge in [-0.1, -0.05) is 51.1 Å². The smallest absolute Gasteiger partial charge is 0.303 e. The number of carbonyl (C=O) groups is 2. The molecule has 4 saturated carbocycles. The van der Waals surface area contributed by atoms with Crippen LogP contribution in [-0.2, 0) is 26.1 Å². The summed E-state index contributed by atoms with van der Waals surface area (Å²) in [4.78, 5) is 22.4. The van der Waals surface area contributed by atoms with Crippen molar-refractivity contribution in [3.8, 4) is 0 Å². The average Bonchev–Trinajstić information content (AvgIpc) is 3.34. The molecule has 4 fully saturated rings. The van der Waals surface area contributed by atoms with Gasteiger partial charge in [-0.3, -0.25) is 14.1 Å². The van der Waals surface area contributed by atoms with E-state index in [1.807, 2.05) is 30.3 Å². The van der Waals surface area contributed by atoms with Gasteiger partial charge in [-0.25, -0.2) is 0 Å². The Morgan fingerprint density at radius 1 is 0.957 bits per heavy atom. The molecule has 0 aliphatic heterocycles. The molecule has 10 atom stereocenters. The van der Waals surface area contributed by atoms with E-state index >= 15 is 0 Å². The summed E-state index contributed by atoms with van der Waals surface area (Å²) in [6, 6.07) is 9.93. The zero-order valence-corrected chi connectivity index (χ0v) is 28.8. The van der Waals surface area contributed by atoms with Crippen molar-refractivity contribution in [2.75, 3.05) is 12.3 Å². The third-order valence-corrected chi connectivity index (χ3v) is 13.3. The maximum absolute atomic E-state index is 12.2. The van der Waals surface area contributed by atoms with Crippen LogP contribution >= 0.6 is 0 Å². The Balaban J connectivity index is 0.000000337. The van der Waals surface area contributed by atoms with Crippen LogP contribution in [0.5, 0.6) is 0 Å². The number of rotatable bonds is 11. The van der Waals surface area contributed by atoms with E-state index < -0.39 is 21.8 Å². The van der Waals surface area contributed by atoms with Crippen molar-refractivity contribution in [1.82, 2.24) is 5.32 Å². The fraction of sp³-hybridized carbons (Fsp3) is 0.778. The van der Waals surface area contributed by atoms with Crippen LogP contribution in [0.3, 0.4) is 0 Å². The van der Waals surface area contributed by atoms with Crippen molar-refractivity contribution in [2.45, 2.75) is 116 Å². The topological polar surface area (TPSA) is 161 Å². The number of carboxylic acids is 1. The van der Waals surface area contributed by atoms with Gasteiger partial charge in [0.15, 0.2) is 0 Å². The SMILES string of the molecule is C[C@H](CCC(=O)NCCS(=O)(=O)O)[C@H]1CC[C@H]2[C@@H]3[C@@H](O)C[C@@H]4C[C@H](O)CC[C@]4(C)[C@H]3CC[C@]12C.O=C(O)CCCc1ccccc1. The fourth-order valence-electron chi connectivity index (χ4n) is 10.2. The Hall–Kier alpha value is -2.01. The van der Waals surface area contributed by atoms with Crippen molar-refractivity contribution < 1.29 is 37.9 Å². The van der Waals surface area contributed by atoms with Crippen LogP contribution < -0.4 is 5.32 Å². The molecule has 0 unspecified atom stereocenters. The molecule has 46 heavy (non-hydrogen) atoms. The molecular weight excluding hydrogens is 606 g/mol. The molecule has 4 aliphatic rings. The van der Waals surface area contributed by atoms with E-state index in [1.165, 1.54) is 12.0 Å². The molecule has 0 spiro atoms. The first-order valence-corrected chi connectivity index (χ1v) is 19.1. The van der Waals surface area contributed by atoms with Gasteiger partial charge >= 0.3 is 5.97 Å². The van der Waals surface area contributed by atoms with Gasteiger partial charge in [0.25, 0.3) is 10.1 Å². The lowest BCUT2D eigenvalue weighted by Crippen LogP contribution is -2.58. The third-order valence-electron chi connectivity index (χ3n) is 12.6. The quantitative estimate of drug-likeness (QED) is 0.194. The van der Waals surface area contributed by atoms with Crippen LogP contribution in [0.4, 0.5) is 0 Å². The number of fused-ring (bicyclic) bond motifs is 5. The zero-order valence-electron chi connectivity index (χ0n) is 27.9. The summed E-state index contributed by atoms with van der Waals surface area (Å²) in [5.74, 6) is 1.38. The van der Waals surface area contributed by atoms with E-state index in [1.54, 1.807) is 0 Å². The van der Waals surface area contributed by atoms with E-state index in [0.717, 1.165) is 64.2 Å². The van der Waals surface area contributed by atoms with Crippen LogP contribution in [0.15, 0.2) is 30.3 Å². The lowest BCUT2D eigenvalue weighted by molar-refractivity contribution is -0.174. The van der Waals surface area contributed by atoms with E-state index in [9.17, 15) is 28.2 Å². The van der Waals surface area contributed by atoms with Crippen LogP contribution in [0.1, 0.15) is 103 Å². The van der Waals surface area contributed by atoms with Gasteiger partial charge in [0.05, 0.1) is 18.0 Å². The van der Waals surface area contributed by atoms with E-state index in [-0.39, 0.29) is 41.9 Å². The number of hydrogen-bond donors (Lipinski definition) is 5. The Labute approximate surface area is 275 Å². The Morgan fingerprint density at radius 3 is 2.30 bits per heavy atom. The summed E-state index contributed by atoms with van der Waals surface area (Å²) in [7, 11) is -4.06. The molecule has 0 heterocycles. The zero-order chi connectivity index (χ0) is 33.7. The van der Waals surface area contributed by atoms with Crippen molar-refractivity contribution >= 4 is 22.0 Å². The highest BCUT2D eigenvalue weighted by Gasteiger charge is 2.62. The summed E-state index contributed by atoms with van der Waals surface area (Å²) in [6.07, 6.45) is 10.7. The number of benzene rings is 1. The Morgan fingerprint density at radius 2 is 1.63 bits per heavy atom. The Bertz CT molecular complexity index is 1270. The number of nitrogens with one attached hydrogen (secondary N) is 1. The second-order valence-corrected chi connectivity index (χ2v) is 16.9. The molecule has 0 bridgehead atoms. The third kappa shape index (κ3) is 8.91. The normalized spacial score (nSPS) is 35.8. The molecular formula is C36H57NO8S. The number of hydrogen-bond acceptors (Lipinski definition) is 6. The number of amides is 1. The molecule has 0 aromatic heterocycles. The molecule has 1 amide bonds. The predicted octanol–water partition coefficient (Wildman–Crippen LogP) is 5.49. The minimum atomic E-state index is -4.06. The second-order valence-electron chi connectivity index (χ2n) is 15.3. The number of aliphatic hydroxyl groups is 2. The monoisotopic (exact) mass is 663 g/mol. The molecule has 1 aromatic rings. The molecule has 5 N–H and O–H groups in total. The van der Waals surface area contributed by atoms with E-state index in [0.29, 0.717) is 41.9 Å². The van der Waals surface area contributed by atoms with Gasteiger partial charge < -0.3 is 20.6 Å². The summed E-state index contributed by atoms with van der Waals surface area (Å²) in [6.45, 7) is 7.05. The highest BCUT2D eigenvalue weighted by atomic mass is 32.2. The highest BCUT2D eigenvalue weighted by molar-refractivity contribution is 7.85. The van der Waals surface area contributed by atoms with E-state index in [4.69, 9.17) is 9.66 Å². The van der Waals surface area contributed by atoms with Gasteiger partial charge in [-0.05, 0) is 123 Å². The minimum absolute atomic E-state index is 0.0625. The van der Waals surface area contributed by atoms with Crippen molar-refractivity contribution in [3.63, 3.8) is 0 Å². The fourth-order valence-corrected chi connectivity index (χ4v) is 10.6. The molecule has 10 heteroatoms. The molecule has 4 aliphatic carbocycles. The molecule has 5 rings (SSSR count). The van der Waals surface area contributed by atoms with Crippen molar-refractivity contribution in [1.29, 1.82) is 0 Å². The van der Waals surface area contributed by atoms with Gasteiger partial charge in [0, 0.05) is 19.4 Å². The maximum atomic E-state index is 12.2. The summed E-state index contributed by atoms with van der Waals surface area (Å²) >= 11 is 0. The van der Waals surface area contributed by atoms with Gasteiger partial charge in [-0.15, -0.1) is 0 Å². The first kappa shape index (κ1) is 36.8. The van der Waals surface area contributed by atoms with Gasteiger partial charge in [0.1, 0.15) is 0 Å². The van der Waals surface area contributed by atoms with Crippen LogP contribution in [-0.4, -0.2) is 64.7 Å². The van der Waals surface area contributed by atoms with Crippen LogP contribution in [0.2, 0.25) is 0 Å². The maximum Gasteiger partial charge on any atom is 0.303 e. The summed E-state index contributed by atoms with van der Waals surface area (Å²) in [5, 5.41) is 32.6. The molecule has 0 saturated heterocycles. The van der Waals surface area contributed by atoms with Crippen molar-refractivity contribution in [3.05, 3.63) is 35.9 Å². The molecule has 1 aromatic carbocycles. The van der Waals surface area contributed by atoms with Crippen LogP contribution in [0, 0.1) is 46.3 Å². The summed E-state index contributed by atoms with van der Waals surface area (Å²) < 4.78 is 30.5. The number of aryl methyl sites for hydroxylation is 1. The number of carboxylic acid groups (broad SMARTS) is 1. The van der Waals surface area contributed by atoms with E-state index in [2.05, 4.69) is 26.1 Å². The number of aliphatic carboxylic acids is 1. The van der Waals surface area contributed by atoms with Crippen LogP contribution in [0.25, 0.3) is 0 Å². The minimum Gasteiger partial charge on any atom is -0.481 e. The van der Waals surface area contributed by atoms with Gasteiger partial charge in [-0.2, -0.15) is 8.42 Å². The van der Waals surface area contributed by atoms with Crippen molar-refractivity contribution in [2.24, 2.45) is 46.3 Å². The standard InChI is InChI=1S/C26H45NO6S.C10H12O2/c1-16(4-7-23(30)27-12-13-34(31,32)33)19-5-6-20-24-21(9-11-26(19,20)3)25(2)10-8-18(28)14-17(25)15-22(24)29;11-10(12)8-4-7-9-5-2-1-3-6-9/h16-22,24,28-29H,4-15H2,1-3H3,(H,27,30)(H,31,32,33);1-3,5-6H,4,7-8H2,(H,11,12)/t16-,17+,18-,19-,20+,21+,22+,24+,25+,26-;/m1./s1. The lowest BCUT2D eigenvalue weighted by Gasteiger charge is -2.62. The first-order valence-electron chi connectivity index (χ1n) is 17.5. The predicted molar refractivity (Wildman–Crippen MR) is 177 cm³/mol. The Kier molecular flexibility index (Phi) is 12.4. The van der Waals surface area contributed by atoms with Gasteiger partial charge in [0.2, 0.25) is 5.91 Å². The lowest BCUT2D eigenvalue weighted by atomic mass is 9.43. The number of aliphatic hydroxyl groups excluding tert-OH is 2. The first-order chi connectivity index (χ1) is 21.6. The molecule has 260 valence electrons. The molecule has 0 radical (unpaired) electrons. The number of carbonyl (C=O) groups excluding carboxylic acids is 1. The largest absolute Gasteiger partial charge is 0.481 e. The summed E-state index contributed by atoms with van der Waals surface area (Å²) in [5.41, 5.74) is 1.62. The average molecular weight is 664 g/mol.